The topological polar surface area (TPSA) is 38.1 Å². The number of para-hydroxylation sites is 1. The minimum atomic E-state index is 0.677. The molecule has 0 unspecified atom stereocenters. The molecule has 0 amide bonds. The molecule has 1 N–H and O–H groups in total. The maximum atomic E-state index is 5.46. The van der Waals surface area contributed by atoms with Crippen molar-refractivity contribution in [1.29, 1.82) is 0 Å². The standard InChI is InChI=1S/C12H14N2O/c1-9-12(15-10(2)14-9)8-13-11-6-4-3-5-7-11/h3-7,13H,8H2,1-2H3. The molecule has 3 heteroatoms. The number of oxazole rings is 1. The smallest absolute Gasteiger partial charge is 0.191 e. The van der Waals surface area contributed by atoms with Crippen molar-refractivity contribution in [2.45, 2.75) is 20.4 Å². The SMILES string of the molecule is Cc1nc(C)c(CNc2ccccc2)o1. The number of rotatable bonds is 3. The van der Waals surface area contributed by atoms with Crippen LogP contribution >= 0.6 is 0 Å². The average molecular weight is 202 g/mol. The Balaban J connectivity index is 2.02. The predicted molar refractivity (Wildman–Crippen MR) is 59.7 cm³/mol. The van der Waals surface area contributed by atoms with E-state index in [0.29, 0.717) is 6.54 Å². The zero-order valence-electron chi connectivity index (χ0n) is 8.95. The van der Waals surface area contributed by atoms with Crippen molar-refractivity contribution in [3.8, 4) is 0 Å². The highest BCUT2D eigenvalue weighted by molar-refractivity contribution is 5.42. The molecule has 0 aliphatic heterocycles. The molecule has 0 radical (unpaired) electrons. The Hall–Kier alpha value is -1.77. The first-order valence-corrected chi connectivity index (χ1v) is 4.97. The van der Waals surface area contributed by atoms with E-state index >= 15 is 0 Å². The number of nitrogens with one attached hydrogen (secondary N) is 1. The first-order chi connectivity index (χ1) is 7.25. The maximum Gasteiger partial charge on any atom is 0.191 e. The summed E-state index contributed by atoms with van der Waals surface area (Å²) in [7, 11) is 0. The van der Waals surface area contributed by atoms with E-state index in [1.54, 1.807) is 0 Å². The van der Waals surface area contributed by atoms with Gasteiger partial charge in [-0.2, -0.15) is 0 Å². The van der Waals surface area contributed by atoms with Gasteiger partial charge in [0, 0.05) is 12.6 Å². The molecule has 0 saturated carbocycles. The van der Waals surface area contributed by atoms with Gasteiger partial charge in [-0.05, 0) is 19.1 Å². The van der Waals surface area contributed by atoms with Crippen LogP contribution in [0.3, 0.4) is 0 Å². The molecule has 2 rings (SSSR count). The first-order valence-electron chi connectivity index (χ1n) is 4.97. The van der Waals surface area contributed by atoms with Crippen LogP contribution in [-0.2, 0) is 6.54 Å². The van der Waals surface area contributed by atoms with Gasteiger partial charge < -0.3 is 9.73 Å². The molecule has 0 saturated heterocycles. The van der Waals surface area contributed by atoms with Gasteiger partial charge in [-0.15, -0.1) is 0 Å². The van der Waals surface area contributed by atoms with E-state index in [0.717, 1.165) is 23.0 Å². The van der Waals surface area contributed by atoms with Gasteiger partial charge in [-0.1, -0.05) is 18.2 Å². The van der Waals surface area contributed by atoms with Gasteiger partial charge in [0.2, 0.25) is 0 Å². The molecule has 0 spiro atoms. The fourth-order valence-corrected chi connectivity index (χ4v) is 1.48. The number of hydrogen-bond acceptors (Lipinski definition) is 3. The number of anilines is 1. The lowest BCUT2D eigenvalue weighted by molar-refractivity contribution is 0.480. The molecule has 15 heavy (non-hydrogen) atoms. The van der Waals surface area contributed by atoms with Crippen LogP contribution in [0.15, 0.2) is 34.7 Å². The lowest BCUT2D eigenvalue weighted by atomic mass is 10.3. The van der Waals surface area contributed by atoms with Crippen molar-refractivity contribution in [3.05, 3.63) is 47.7 Å². The third kappa shape index (κ3) is 2.37. The lowest BCUT2D eigenvalue weighted by Gasteiger charge is -2.03. The molecule has 3 nitrogen and oxygen atoms in total. The van der Waals surface area contributed by atoms with Gasteiger partial charge in [0.15, 0.2) is 5.89 Å². The Morgan fingerprint density at radius 3 is 2.53 bits per heavy atom. The van der Waals surface area contributed by atoms with E-state index in [1.807, 2.05) is 44.2 Å². The molecular formula is C12H14N2O. The van der Waals surface area contributed by atoms with Crippen molar-refractivity contribution < 1.29 is 4.42 Å². The van der Waals surface area contributed by atoms with Crippen molar-refractivity contribution in [2.75, 3.05) is 5.32 Å². The zero-order chi connectivity index (χ0) is 10.7. The van der Waals surface area contributed by atoms with Crippen LogP contribution in [0.1, 0.15) is 17.3 Å². The van der Waals surface area contributed by atoms with Crippen LogP contribution in [0.2, 0.25) is 0 Å². The van der Waals surface area contributed by atoms with Crippen LogP contribution in [-0.4, -0.2) is 4.98 Å². The Morgan fingerprint density at radius 1 is 1.20 bits per heavy atom. The quantitative estimate of drug-likeness (QED) is 0.831. The number of aryl methyl sites for hydroxylation is 2. The van der Waals surface area contributed by atoms with Crippen LogP contribution in [0.25, 0.3) is 0 Å². The van der Waals surface area contributed by atoms with Gasteiger partial charge in [0.05, 0.1) is 12.2 Å². The molecule has 0 fully saturated rings. The number of nitrogens with zero attached hydrogens (tertiary/aromatic N) is 1. The molecule has 0 aliphatic carbocycles. The molecule has 1 heterocycles. The van der Waals surface area contributed by atoms with Crippen molar-refractivity contribution in [2.24, 2.45) is 0 Å². The Morgan fingerprint density at radius 2 is 1.93 bits per heavy atom. The second kappa shape index (κ2) is 4.17. The lowest BCUT2D eigenvalue weighted by Crippen LogP contribution is -1.99. The summed E-state index contributed by atoms with van der Waals surface area (Å²) in [6.45, 7) is 4.49. The second-order valence-corrected chi connectivity index (χ2v) is 3.46. The first kappa shape index (κ1) is 9.77. The molecule has 1 aromatic heterocycles. The molecular weight excluding hydrogens is 188 g/mol. The Bertz CT molecular complexity index is 434. The van der Waals surface area contributed by atoms with Gasteiger partial charge in [-0.3, -0.25) is 0 Å². The maximum absolute atomic E-state index is 5.46. The fraction of sp³-hybridized carbons (Fsp3) is 0.250. The fourth-order valence-electron chi connectivity index (χ4n) is 1.48. The highest BCUT2D eigenvalue weighted by Gasteiger charge is 2.05. The number of benzene rings is 1. The largest absolute Gasteiger partial charge is 0.444 e. The van der Waals surface area contributed by atoms with Gasteiger partial charge >= 0.3 is 0 Å². The minimum Gasteiger partial charge on any atom is -0.444 e. The number of hydrogen-bond donors (Lipinski definition) is 1. The molecule has 0 aliphatic rings. The summed E-state index contributed by atoms with van der Waals surface area (Å²) in [6.07, 6.45) is 0. The van der Waals surface area contributed by atoms with Crippen molar-refractivity contribution in [3.63, 3.8) is 0 Å². The van der Waals surface area contributed by atoms with Gasteiger partial charge in [0.25, 0.3) is 0 Å². The number of aromatic nitrogens is 1. The zero-order valence-corrected chi connectivity index (χ0v) is 8.95. The van der Waals surface area contributed by atoms with Crippen molar-refractivity contribution in [1.82, 2.24) is 4.98 Å². The molecule has 0 atom stereocenters. The van der Waals surface area contributed by atoms with Crippen LogP contribution in [0, 0.1) is 13.8 Å². The Kier molecular flexibility index (Phi) is 2.72. The van der Waals surface area contributed by atoms with Gasteiger partial charge in [0.1, 0.15) is 5.76 Å². The van der Waals surface area contributed by atoms with E-state index < -0.39 is 0 Å². The summed E-state index contributed by atoms with van der Waals surface area (Å²) in [6, 6.07) is 10.0. The normalized spacial score (nSPS) is 10.3. The second-order valence-electron chi connectivity index (χ2n) is 3.46. The van der Waals surface area contributed by atoms with E-state index in [2.05, 4.69) is 10.3 Å². The molecule has 78 valence electrons. The summed E-state index contributed by atoms with van der Waals surface area (Å²) in [5.41, 5.74) is 2.04. The monoisotopic (exact) mass is 202 g/mol. The third-order valence-electron chi connectivity index (χ3n) is 2.23. The summed E-state index contributed by atoms with van der Waals surface area (Å²) in [5, 5.41) is 3.28. The Labute approximate surface area is 89.1 Å². The molecule has 0 bridgehead atoms. The van der Waals surface area contributed by atoms with Crippen LogP contribution < -0.4 is 5.32 Å². The molecule has 1 aromatic carbocycles. The summed E-state index contributed by atoms with van der Waals surface area (Å²) in [5.74, 6) is 1.62. The average Bonchev–Trinajstić information content (AvgIpc) is 2.56. The van der Waals surface area contributed by atoms with E-state index in [9.17, 15) is 0 Å². The predicted octanol–water partition coefficient (Wildman–Crippen LogP) is 2.90. The summed E-state index contributed by atoms with van der Waals surface area (Å²) < 4.78 is 5.46. The van der Waals surface area contributed by atoms with Gasteiger partial charge in [-0.25, -0.2) is 4.98 Å². The van der Waals surface area contributed by atoms with Crippen molar-refractivity contribution >= 4 is 5.69 Å². The van der Waals surface area contributed by atoms with Crippen LogP contribution in [0.4, 0.5) is 5.69 Å². The third-order valence-corrected chi connectivity index (χ3v) is 2.23. The van der Waals surface area contributed by atoms with Crippen LogP contribution in [0.5, 0.6) is 0 Å². The summed E-state index contributed by atoms with van der Waals surface area (Å²) in [4.78, 5) is 4.22. The van der Waals surface area contributed by atoms with E-state index in [-0.39, 0.29) is 0 Å². The van der Waals surface area contributed by atoms with E-state index in [1.165, 1.54) is 0 Å². The summed E-state index contributed by atoms with van der Waals surface area (Å²) >= 11 is 0. The highest BCUT2D eigenvalue weighted by atomic mass is 16.4. The minimum absolute atomic E-state index is 0.677. The molecule has 2 aromatic rings. The highest BCUT2D eigenvalue weighted by Crippen LogP contribution is 2.12. The van der Waals surface area contributed by atoms with E-state index in [4.69, 9.17) is 4.42 Å².